The molecule has 0 aromatic heterocycles. The van der Waals surface area contributed by atoms with Crippen LogP contribution in [0.2, 0.25) is 0 Å². The molecule has 0 atom stereocenters. The minimum Gasteiger partial charge on any atom is -0.292 e. The van der Waals surface area contributed by atoms with Crippen LogP contribution < -0.4 is 5.32 Å². The molecular weight excluding hydrogens is 253 g/mol. The molecule has 0 saturated carbocycles. The van der Waals surface area contributed by atoms with Crippen molar-refractivity contribution in [2.75, 3.05) is 0 Å². The Kier molecular flexibility index (Phi) is 3.35. The highest BCUT2D eigenvalue weighted by Crippen LogP contribution is 2.19. The van der Waals surface area contributed by atoms with Crippen LogP contribution in [0.25, 0.3) is 0 Å². The van der Waals surface area contributed by atoms with E-state index in [1.807, 2.05) is 5.32 Å². The summed E-state index contributed by atoms with van der Waals surface area (Å²) in [4.78, 5) is 21.9. The van der Waals surface area contributed by atoms with Gasteiger partial charge < -0.3 is 0 Å². The fourth-order valence-electron chi connectivity index (χ4n) is 0.937. The Hall–Kier alpha value is -1.23. The lowest BCUT2D eigenvalue weighted by Crippen LogP contribution is -2.29. The van der Waals surface area contributed by atoms with E-state index in [9.17, 15) is 14.0 Å². The van der Waals surface area contributed by atoms with Crippen molar-refractivity contribution < 1.29 is 14.0 Å². The second-order valence-corrected chi connectivity index (χ2v) is 3.46. The summed E-state index contributed by atoms with van der Waals surface area (Å²) in [7, 11) is 0. The minimum atomic E-state index is -0.748. The summed E-state index contributed by atoms with van der Waals surface area (Å²) >= 11 is 3.03. The Morgan fingerprint density at radius 3 is 2.57 bits per heavy atom. The summed E-state index contributed by atoms with van der Waals surface area (Å²) in [5.74, 6) is -1.94. The normalized spacial score (nSPS) is 9.64. The van der Waals surface area contributed by atoms with Crippen LogP contribution in [0.5, 0.6) is 0 Å². The maximum atomic E-state index is 13.1. The summed E-state index contributed by atoms with van der Waals surface area (Å²) in [5.41, 5.74) is -0.164. The Morgan fingerprint density at radius 1 is 1.43 bits per heavy atom. The molecule has 0 radical (unpaired) electrons. The largest absolute Gasteiger partial charge is 0.292 e. The van der Waals surface area contributed by atoms with Crippen molar-refractivity contribution in [3.63, 3.8) is 0 Å². The van der Waals surface area contributed by atoms with Gasteiger partial charge in [-0.25, -0.2) is 4.39 Å². The molecule has 1 rings (SSSR count). The second kappa shape index (κ2) is 4.32. The van der Waals surface area contributed by atoms with Crippen LogP contribution in [0.1, 0.15) is 17.3 Å². The van der Waals surface area contributed by atoms with Gasteiger partial charge in [0.1, 0.15) is 5.82 Å². The lowest BCUT2D eigenvalue weighted by Gasteiger charge is -2.04. The molecule has 5 heteroatoms. The van der Waals surface area contributed by atoms with Gasteiger partial charge in [0.05, 0.1) is 5.56 Å². The van der Waals surface area contributed by atoms with Crippen LogP contribution in [0.15, 0.2) is 22.7 Å². The van der Waals surface area contributed by atoms with Gasteiger partial charge in [-0.2, -0.15) is 0 Å². The first kappa shape index (κ1) is 10.8. The van der Waals surface area contributed by atoms with Gasteiger partial charge in [-0.1, -0.05) is 6.07 Å². The van der Waals surface area contributed by atoms with E-state index in [1.165, 1.54) is 19.1 Å². The van der Waals surface area contributed by atoms with E-state index in [-0.39, 0.29) is 5.56 Å². The minimum absolute atomic E-state index is 0.164. The molecule has 0 heterocycles. The third kappa shape index (κ3) is 2.38. The fourth-order valence-corrected chi connectivity index (χ4v) is 1.46. The van der Waals surface area contributed by atoms with Crippen molar-refractivity contribution in [1.82, 2.24) is 5.32 Å². The van der Waals surface area contributed by atoms with Crippen molar-refractivity contribution in [2.24, 2.45) is 0 Å². The summed E-state index contributed by atoms with van der Waals surface area (Å²) < 4.78 is 13.5. The Balaban J connectivity index is 3.06. The van der Waals surface area contributed by atoms with E-state index in [2.05, 4.69) is 15.9 Å². The SMILES string of the molecule is CC(=O)NC(=O)c1c(F)cccc1Br. The molecule has 1 N–H and O–H groups in total. The number of nitrogens with one attached hydrogen (secondary N) is 1. The van der Waals surface area contributed by atoms with Crippen molar-refractivity contribution in [2.45, 2.75) is 6.92 Å². The summed E-state index contributed by atoms with van der Waals surface area (Å²) in [6, 6.07) is 4.14. The average Bonchev–Trinajstić information content (AvgIpc) is 2.01. The molecule has 14 heavy (non-hydrogen) atoms. The molecule has 0 bridgehead atoms. The average molecular weight is 260 g/mol. The third-order valence-corrected chi connectivity index (χ3v) is 2.14. The Labute approximate surface area is 88.4 Å². The zero-order valence-electron chi connectivity index (χ0n) is 7.30. The predicted octanol–water partition coefficient (Wildman–Crippen LogP) is 1.86. The number of carbonyl (C=O) groups is 2. The Bertz CT molecular complexity index is 372. The smallest absolute Gasteiger partial charge is 0.261 e. The lowest BCUT2D eigenvalue weighted by molar-refractivity contribution is -0.118. The predicted molar refractivity (Wildman–Crippen MR) is 52.2 cm³/mol. The highest BCUT2D eigenvalue weighted by molar-refractivity contribution is 9.10. The fraction of sp³-hybridized carbons (Fsp3) is 0.111. The zero-order valence-corrected chi connectivity index (χ0v) is 8.89. The lowest BCUT2D eigenvalue weighted by atomic mass is 10.2. The summed E-state index contributed by atoms with van der Waals surface area (Å²) in [5, 5.41) is 1.99. The first-order valence-electron chi connectivity index (χ1n) is 3.78. The van der Waals surface area contributed by atoms with E-state index < -0.39 is 17.6 Å². The van der Waals surface area contributed by atoms with Crippen molar-refractivity contribution in [1.29, 1.82) is 0 Å². The molecule has 0 aliphatic rings. The third-order valence-electron chi connectivity index (χ3n) is 1.48. The van der Waals surface area contributed by atoms with Crippen LogP contribution in [0.4, 0.5) is 4.39 Å². The maximum absolute atomic E-state index is 13.1. The molecular formula is C9H7BrFNO2. The highest BCUT2D eigenvalue weighted by Gasteiger charge is 2.15. The van der Waals surface area contributed by atoms with Crippen LogP contribution in [-0.4, -0.2) is 11.8 Å². The zero-order chi connectivity index (χ0) is 10.7. The number of imide groups is 1. The number of carbonyl (C=O) groups excluding carboxylic acids is 2. The Morgan fingerprint density at radius 2 is 2.07 bits per heavy atom. The number of amides is 2. The van der Waals surface area contributed by atoms with E-state index >= 15 is 0 Å². The number of hydrogen-bond acceptors (Lipinski definition) is 2. The van der Waals surface area contributed by atoms with Gasteiger partial charge in [0, 0.05) is 11.4 Å². The van der Waals surface area contributed by atoms with Gasteiger partial charge in [-0.3, -0.25) is 14.9 Å². The van der Waals surface area contributed by atoms with Gasteiger partial charge in [-0.05, 0) is 28.1 Å². The van der Waals surface area contributed by atoms with Crippen molar-refractivity contribution in [3.8, 4) is 0 Å². The number of rotatable bonds is 1. The first-order valence-corrected chi connectivity index (χ1v) is 4.57. The number of benzene rings is 1. The van der Waals surface area contributed by atoms with Crippen LogP contribution in [-0.2, 0) is 4.79 Å². The number of hydrogen-bond donors (Lipinski definition) is 1. The van der Waals surface area contributed by atoms with E-state index in [0.717, 1.165) is 6.07 Å². The van der Waals surface area contributed by atoms with Gasteiger partial charge in [0.15, 0.2) is 0 Å². The topological polar surface area (TPSA) is 46.2 Å². The van der Waals surface area contributed by atoms with E-state index in [0.29, 0.717) is 4.47 Å². The summed E-state index contributed by atoms with van der Waals surface area (Å²) in [6.07, 6.45) is 0. The molecule has 1 aromatic carbocycles. The molecule has 0 spiro atoms. The van der Waals surface area contributed by atoms with Crippen LogP contribution in [0, 0.1) is 5.82 Å². The molecule has 0 unspecified atom stereocenters. The molecule has 0 aliphatic carbocycles. The van der Waals surface area contributed by atoms with Crippen molar-refractivity contribution >= 4 is 27.7 Å². The monoisotopic (exact) mass is 259 g/mol. The molecule has 3 nitrogen and oxygen atoms in total. The van der Waals surface area contributed by atoms with Gasteiger partial charge in [0.2, 0.25) is 5.91 Å². The summed E-state index contributed by atoms with van der Waals surface area (Å²) in [6.45, 7) is 1.19. The molecule has 0 aliphatic heterocycles. The van der Waals surface area contributed by atoms with Crippen LogP contribution >= 0.6 is 15.9 Å². The van der Waals surface area contributed by atoms with E-state index in [4.69, 9.17) is 0 Å². The number of halogens is 2. The quantitative estimate of drug-likeness (QED) is 0.837. The van der Waals surface area contributed by atoms with Gasteiger partial charge >= 0.3 is 0 Å². The van der Waals surface area contributed by atoms with Gasteiger partial charge in [-0.15, -0.1) is 0 Å². The van der Waals surface area contributed by atoms with Gasteiger partial charge in [0.25, 0.3) is 5.91 Å². The second-order valence-electron chi connectivity index (χ2n) is 2.61. The molecule has 0 saturated heterocycles. The molecule has 0 fully saturated rings. The first-order chi connectivity index (χ1) is 6.52. The molecule has 74 valence electrons. The molecule has 1 aromatic rings. The molecule has 2 amide bonds. The highest BCUT2D eigenvalue weighted by atomic mass is 79.9. The standard InChI is InChI=1S/C9H7BrFNO2/c1-5(13)12-9(14)8-6(10)3-2-4-7(8)11/h2-4H,1H3,(H,12,13,14). The van der Waals surface area contributed by atoms with Crippen molar-refractivity contribution in [3.05, 3.63) is 34.1 Å². The van der Waals surface area contributed by atoms with E-state index in [1.54, 1.807) is 0 Å². The maximum Gasteiger partial charge on any atom is 0.261 e. The van der Waals surface area contributed by atoms with Crippen LogP contribution in [0.3, 0.4) is 0 Å².